The number of nitrogens with zero attached hydrogens (tertiary/aromatic N) is 2. The number of rotatable bonds is 11. The third kappa shape index (κ3) is 6.74. The molecule has 2 amide bonds. The molecule has 0 bridgehead atoms. The number of aromatic nitrogens is 1. The summed E-state index contributed by atoms with van der Waals surface area (Å²) in [6.07, 6.45) is 0.564. The highest BCUT2D eigenvalue weighted by Gasteiger charge is 2.32. The number of methoxy groups -OCH3 is 1. The van der Waals surface area contributed by atoms with Crippen molar-refractivity contribution in [3.05, 3.63) is 87.9 Å². The van der Waals surface area contributed by atoms with E-state index in [1.807, 2.05) is 26.8 Å². The summed E-state index contributed by atoms with van der Waals surface area (Å²) in [7, 11) is 1.28. The van der Waals surface area contributed by atoms with Crippen LogP contribution in [0.3, 0.4) is 0 Å². The van der Waals surface area contributed by atoms with E-state index in [9.17, 15) is 14.7 Å². The Bertz CT molecular complexity index is 1510. The predicted molar refractivity (Wildman–Crippen MR) is 159 cm³/mol. The number of nitrogens with one attached hydrogen (secondary N) is 3. The molecule has 2 aromatic carbocycles. The van der Waals surface area contributed by atoms with Crippen LogP contribution in [0.1, 0.15) is 48.0 Å². The number of hydrazone groups is 1. The standard InChI is InChI=1S/C31H37N5O6/c1-7-41-26-15-22(29-28(30(38)40-6)20(4)33-31(39)34-29)10-13-25(26)42-17-27(37)35-32-16-23-14-19(3)36(21(23)5)24-11-8-18(2)9-12-24/h8-16,27,29,35,37H,7,17H2,1-6H3,(H2,33,34,39)/b32-16+/t27-,29+/m1/s1. The maximum absolute atomic E-state index is 12.4. The topological polar surface area (TPSA) is 135 Å². The van der Waals surface area contributed by atoms with Gasteiger partial charge in [-0.2, -0.15) is 5.10 Å². The smallest absolute Gasteiger partial charge is 0.337 e. The number of amides is 2. The number of ether oxygens (including phenoxy) is 3. The number of urea groups is 1. The molecule has 1 aliphatic heterocycles. The number of aliphatic hydroxyl groups excluding tert-OH is 1. The molecule has 0 radical (unpaired) electrons. The van der Waals surface area contributed by atoms with Gasteiger partial charge in [-0.1, -0.05) is 23.8 Å². The Kier molecular flexibility index (Phi) is 9.53. The first kappa shape index (κ1) is 30.2. The second kappa shape index (κ2) is 13.3. The van der Waals surface area contributed by atoms with E-state index in [4.69, 9.17) is 14.2 Å². The van der Waals surface area contributed by atoms with Crippen LogP contribution in [0, 0.1) is 20.8 Å². The third-order valence-corrected chi connectivity index (χ3v) is 6.86. The minimum absolute atomic E-state index is 0.115. The summed E-state index contributed by atoms with van der Waals surface area (Å²) in [6.45, 7) is 9.81. The average Bonchev–Trinajstić information content (AvgIpc) is 3.24. The van der Waals surface area contributed by atoms with E-state index in [1.165, 1.54) is 12.7 Å². The first-order chi connectivity index (χ1) is 20.1. The van der Waals surface area contributed by atoms with Crippen LogP contribution in [0.5, 0.6) is 11.5 Å². The van der Waals surface area contributed by atoms with Crippen LogP contribution >= 0.6 is 0 Å². The molecule has 0 aliphatic carbocycles. The van der Waals surface area contributed by atoms with Gasteiger partial charge in [0, 0.05) is 28.3 Å². The van der Waals surface area contributed by atoms with Crippen molar-refractivity contribution in [1.82, 2.24) is 20.6 Å². The highest BCUT2D eigenvalue weighted by molar-refractivity contribution is 5.95. The van der Waals surface area contributed by atoms with Crippen molar-refractivity contribution in [2.24, 2.45) is 5.10 Å². The van der Waals surface area contributed by atoms with Crippen molar-refractivity contribution in [3.63, 3.8) is 0 Å². The first-order valence-corrected chi connectivity index (χ1v) is 13.6. The minimum atomic E-state index is -1.10. The van der Waals surface area contributed by atoms with Crippen LogP contribution in [0.15, 0.2) is 64.9 Å². The Balaban J connectivity index is 1.43. The number of aliphatic hydroxyl groups is 1. The summed E-state index contributed by atoms with van der Waals surface area (Å²) in [5.41, 5.74) is 9.27. The molecule has 4 rings (SSSR count). The molecule has 42 heavy (non-hydrogen) atoms. The van der Waals surface area contributed by atoms with E-state index in [0.29, 0.717) is 29.4 Å². The van der Waals surface area contributed by atoms with Crippen LogP contribution in [0.25, 0.3) is 5.69 Å². The Hall–Kier alpha value is -4.77. The number of aryl methyl sites for hydroxylation is 2. The Morgan fingerprint density at radius 2 is 1.83 bits per heavy atom. The number of benzene rings is 2. The lowest BCUT2D eigenvalue weighted by Gasteiger charge is -2.28. The zero-order valence-electron chi connectivity index (χ0n) is 24.6. The third-order valence-electron chi connectivity index (χ3n) is 6.86. The molecule has 1 aromatic heterocycles. The maximum atomic E-state index is 12.4. The number of hydrogen-bond acceptors (Lipinski definition) is 8. The zero-order valence-corrected chi connectivity index (χ0v) is 24.6. The number of esters is 1. The quantitative estimate of drug-likeness (QED) is 0.118. The fourth-order valence-corrected chi connectivity index (χ4v) is 4.82. The Morgan fingerprint density at radius 1 is 1.10 bits per heavy atom. The summed E-state index contributed by atoms with van der Waals surface area (Å²) in [5, 5.41) is 20.0. The van der Waals surface area contributed by atoms with Crippen molar-refractivity contribution in [1.29, 1.82) is 0 Å². The number of carbonyl (C=O) groups excluding carboxylic acids is 2. The first-order valence-electron chi connectivity index (χ1n) is 13.6. The van der Waals surface area contributed by atoms with Crippen LogP contribution in [0.2, 0.25) is 0 Å². The van der Waals surface area contributed by atoms with Gasteiger partial charge in [0.1, 0.15) is 6.61 Å². The molecular formula is C31H37N5O6. The fourth-order valence-electron chi connectivity index (χ4n) is 4.82. The lowest BCUT2D eigenvalue weighted by atomic mass is 9.95. The molecule has 2 atom stereocenters. The van der Waals surface area contributed by atoms with E-state index >= 15 is 0 Å². The molecule has 0 saturated heterocycles. The van der Waals surface area contributed by atoms with Gasteiger partial charge in [0.25, 0.3) is 0 Å². The van der Waals surface area contributed by atoms with Crippen molar-refractivity contribution in [3.8, 4) is 17.2 Å². The molecule has 0 unspecified atom stereocenters. The van der Waals surface area contributed by atoms with Gasteiger partial charge in [0.05, 0.1) is 31.5 Å². The Morgan fingerprint density at radius 3 is 2.52 bits per heavy atom. The van der Waals surface area contributed by atoms with Crippen molar-refractivity contribution < 1.29 is 28.9 Å². The monoisotopic (exact) mass is 575 g/mol. The normalized spacial score (nSPS) is 15.7. The van der Waals surface area contributed by atoms with Crippen LogP contribution < -0.4 is 25.5 Å². The van der Waals surface area contributed by atoms with E-state index in [0.717, 1.165) is 22.6 Å². The van der Waals surface area contributed by atoms with E-state index in [-0.39, 0.29) is 12.2 Å². The van der Waals surface area contributed by atoms with Crippen molar-refractivity contribution in [2.75, 3.05) is 20.3 Å². The van der Waals surface area contributed by atoms with Gasteiger partial charge in [-0.25, -0.2) is 9.59 Å². The zero-order chi connectivity index (χ0) is 30.4. The summed E-state index contributed by atoms with van der Waals surface area (Å²) in [4.78, 5) is 24.6. The molecule has 0 spiro atoms. The highest BCUT2D eigenvalue weighted by atomic mass is 16.5. The van der Waals surface area contributed by atoms with Crippen molar-refractivity contribution in [2.45, 2.75) is 46.9 Å². The molecule has 2 heterocycles. The highest BCUT2D eigenvalue weighted by Crippen LogP contribution is 2.35. The molecule has 1 aliphatic rings. The molecule has 4 N–H and O–H groups in total. The van der Waals surface area contributed by atoms with Crippen LogP contribution in [0.4, 0.5) is 4.79 Å². The molecule has 0 fully saturated rings. The summed E-state index contributed by atoms with van der Waals surface area (Å²) >= 11 is 0. The molecule has 11 heteroatoms. The van der Waals surface area contributed by atoms with E-state index in [2.05, 4.69) is 56.9 Å². The van der Waals surface area contributed by atoms with E-state index in [1.54, 1.807) is 31.3 Å². The molecular weight excluding hydrogens is 538 g/mol. The predicted octanol–water partition coefficient (Wildman–Crippen LogP) is 3.92. The SMILES string of the molecule is CCOc1cc([C@@H]2NC(=O)NC(C)=C2C(=O)OC)ccc1OC[C@@H](O)N/N=C/c1cc(C)n(-c2ccc(C)cc2)c1C. The minimum Gasteiger partial charge on any atom is -0.490 e. The van der Waals surface area contributed by atoms with Crippen LogP contribution in [-0.4, -0.2) is 54.4 Å². The van der Waals surface area contributed by atoms with Gasteiger partial charge >= 0.3 is 12.0 Å². The second-order valence-electron chi connectivity index (χ2n) is 9.91. The van der Waals surface area contributed by atoms with Gasteiger partial charge in [-0.3, -0.25) is 5.43 Å². The largest absolute Gasteiger partial charge is 0.490 e. The van der Waals surface area contributed by atoms with E-state index < -0.39 is 24.3 Å². The van der Waals surface area contributed by atoms with Gasteiger partial charge < -0.3 is 34.5 Å². The van der Waals surface area contributed by atoms with Gasteiger partial charge in [0.2, 0.25) is 0 Å². The fraction of sp³-hybridized carbons (Fsp3) is 0.323. The molecule has 222 valence electrons. The summed E-state index contributed by atoms with van der Waals surface area (Å²) in [5.74, 6) is 0.214. The molecule has 3 aromatic rings. The van der Waals surface area contributed by atoms with Gasteiger partial charge in [0.15, 0.2) is 17.7 Å². The molecule has 11 nitrogen and oxygen atoms in total. The Labute approximate surface area is 245 Å². The van der Waals surface area contributed by atoms with Gasteiger partial charge in [-0.05, 0) is 70.5 Å². The van der Waals surface area contributed by atoms with Crippen LogP contribution in [-0.2, 0) is 9.53 Å². The lowest BCUT2D eigenvalue weighted by molar-refractivity contribution is -0.136. The number of carbonyl (C=O) groups is 2. The van der Waals surface area contributed by atoms with Crippen molar-refractivity contribution >= 4 is 18.2 Å². The number of allylic oxidation sites excluding steroid dienone is 1. The lowest BCUT2D eigenvalue weighted by Crippen LogP contribution is -2.45. The summed E-state index contributed by atoms with van der Waals surface area (Å²) in [6, 6.07) is 14.2. The number of hydrogen-bond donors (Lipinski definition) is 4. The summed E-state index contributed by atoms with van der Waals surface area (Å²) < 4.78 is 18.7. The maximum Gasteiger partial charge on any atom is 0.337 e. The van der Waals surface area contributed by atoms with Gasteiger partial charge in [-0.15, -0.1) is 0 Å². The molecule has 0 saturated carbocycles. The second-order valence-corrected chi connectivity index (χ2v) is 9.91. The average molecular weight is 576 g/mol.